The van der Waals surface area contributed by atoms with Crippen molar-refractivity contribution in [1.82, 2.24) is 52.5 Å². The van der Waals surface area contributed by atoms with Gasteiger partial charge in [0.05, 0.1) is 12.4 Å². The molecule has 0 saturated carbocycles. The summed E-state index contributed by atoms with van der Waals surface area (Å²) in [5.41, 5.74) is 12.6. The van der Waals surface area contributed by atoms with Crippen LogP contribution >= 0.6 is 12.6 Å². The van der Waals surface area contributed by atoms with Gasteiger partial charge in [0.2, 0.25) is 53.2 Å². The Balaban J connectivity index is 1.96. The maximum Gasteiger partial charge on any atom is 0.326 e. The first-order chi connectivity index (χ1) is 38.7. The highest BCUT2D eigenvalue weighted by Gasteiger charge is 2.36. The Hall–Kier alpha value is -8.60. The number of amides is 9. The SMILES string of the molecule is CC(C)C[C@H](NC(=O)[C@@H](N)CCC(=O)O)C(=O)N[C@@H](Cc1ccc(O)cc1)C(=O)N[C@@H](Cc1cnc[nH]1)C(=O)N[C@@H](CCC(=O)O)C(=O)N[C@@H](CCC(N)=O)C(=O)N[C@@H](CS)C(=O)N[C@@H](Cc1ccccc1)C(=O)N[C@H](C(=O)O)C(C)C. The van der Waals surface area contributed by atoms with E-state index in [-0.39, 0.29) is 49.5 Å². The van der Waals surface area contributed by atoms with Crippen molar-refractivity contribution >= 4 is 83.7 Å². The summed E-state index contributed by atoms with van der Waals surface area (Å²) in [5, 5.41) is 58.4. The third-order valence-electron chi connectivity index (χ3n) is 12.5. The van der Waals surface area contributed by atoms with Crippen LogP contribution in [0.25, 0.3) is 0 Å². The van der Waals surface area contributed by atoms with E-state index in [0.717, 1.165) is 0 Å². The number of aliphatic carboxylic acids is 3. The molecule has 0 aliphatic carbocycles. The van der Waals surface area contributed by atoms with E-state index in [1.54, 1.807) is 58.0 Å². The Kier molecular flexibility index (Phi) is 27.9. The number of carbonyl (C=O) groups is 12. The molecule has 0 radical (unpaired) electrons. The quantitative estimate of drug-likeness (QED) is 0.0282. The first kappa shape index (κ1) is 67.7. The maximum atomic E-state index is 14.5. The summed E-state index contributed by atoms with van der Waals surface area (Å²) < 4.78 is 0. The standard InChI is InChI=1S/C53H74N12O16S/c1-27(2)20-36(60-45(72)33(54)14-18-42(68)69)48(75)61-37(22-30-10-12-32(66)13-11-30)49(76)63-39(23-31-24-56-26-57-31)50(77)59-35(16-19-43(70)71)46(73)58-34(15-17-41(55)67)47(74)64-40(25-82)52(79)62-38(21-29-8-6-5-7-9-29)51(78)65-44(28(3)4)53(80)81/h5-13,24,26-28,33-40,44,66,82H,14-23,25,54H2,1-4H3,(H2,55,67)(H,56,57)(H,58,73)(H,59,77)(H,60,72)(H,61,75)(H,62,79)(H,63,76)(H,64,74)(H,65,78)(H,68,69)(H,70,71)(H,80,81)/t33-,34-,35-,36-,37-,38-,39-,40-,44-/m0/s1. The topological polar surface area (TPSA) is 463 Å². The molecule has 0 aliphatic heterocycles. The summed E-state index contributed by atoms with van der Waals surface area (Å²) >= 11 is 4.22. The van der Waals surface area contributed by atoms with E-state index in [0.29, 0.717) is 11.1 Å². The Morgan fingerprint density at radius 2 is 0.963 bits per heavy atom. The number of aromatic amines is 1. The number of thiol groups is 1. The second-order valence-electron chi connectivity index (χ2n) is 20.1. The van der Waals surface area contributed by atoms with E-state index in [1.165, 1.54) is 36.8 Å². The van der Waals surface area contributed by atoms with Gasteiger partial charge >= 0.3 is 17.9 Å². The molecule has 448 valence electrons. The highest BCUT2D eigenvalue weighted by molar-refractivity contribution is 7.80. The Labute approximate surface area is 477 Å². The number of rotatable bonds is 36. The van der Waals surface area contributed by atoms with Crippen molar-refractivity contribution in [1.29, 1.82) is 0 Å². The number of nitrogens with one attached hydrogen (secondary N) is 9. The number of carboxylic acid groups (broad SMARTS) is 3. The van der Waals surface area contributed by atoms with Crippen LogP contribution < -0.4 is 54.0 Å². The van der Waals surface area contributed by atoms with Crippen LogP contribution in [0.5, 0.6) is 5.75 Å². The molecular weight excluding hydrogens is 1090 g/mol. The van der Waals surface area contributed by atoms with Crippen molar-refractivity contribution in [3.05, 3.63) is 83.9 Å². The number of aromatic nitrogens is 2. The fourth-order valence-corrected chi connectivity index (χ4v) is 8.30. The van der Waals surface area contributed by atoms with Gasteiger partial charge in [-0.15, -0.1) is 0 Å². The number of phenolic OH excluding ortho intramolecular Hbond substituents is 1. The van der Waals surface area contributed by atoms with Gasteiger partial charge in [0.15, 0.2) is 0 Å². The van der Waals surface area contributed by atoms with Crippen LogP contribution in [-0.4, -0.2) is 162 Å². The molecule has 3 aromatic rings. The predicted molar refractivity (Wildman–Crippen MR) is 296 cm³/mol. The first-order valence-electron chi connectivity index (χ1n) is 26.2. The summed E-state index contributed by atoms with van der Waals surface area (Å²) in [4.78, 5) is 166. The zero-order valence-corrected chi connectivity index (χ0v) is 46.6. The minimum atomic E-state index is -1.79. The number of nitrogens with zero attached hydrogens (tertiary/aromatic N) is 1. The van der Waals surface area contributed by atoms with Crippen molar-refractivity contribution < 1.29 is 78.0 Å². The van der Waals surface area contributed by atoms with Gasteiger partial charge in [-0.2, -0.15) is 12.6 Å². The number of imidazole rings is 1. The van der Waals surface area contributed by atoms with E-state index in [9.17, 15) is 72.9 Å². The molecule has 28 nitrogen and oxygen atoms in total. The molecule has 0 bridgehead atoms. The first-order valence-corrected chi connectivity index (χ1v) is 26.8. The smallest absolute Gasteiger partial charge is 0.326 e. The number of H-pyrrole nitrogens is 1. The summed E-state index contributed by atoms with van der Waals surface area (Å²) in [6, 6.07) is 0.442. The molecule has 29 heteroatoms. The van der Waals surface area contributed by atoms with Crippen molar-refractivity contribution in [2.45, 2.75) is 146 Å². The molecule has 0 aliphatic rings. The average Bonchev–Trinajstić information content (AvgIpc) is 4.02. The summed E-state index contributed by atoms with van der Waals surface area (Å²) in [5.74, 6) is -14.0. The zero-order chi connectivity index (χ0) is 61.2. The van der Waals surface area contributed by atoms with Crippen molar-refractivity contribution in [3.63, 3.8) is 0 Å². The average molecular weight is 1170 g/mol. The lowest BCUT2D eigenvalue weighted by Crippen LogP contribution is -2.61. The minimum Gasteiger partial charge on any atom is -0.508 e. The highest BCUT2D eigenvalue weighted by atomic mass is 32.1. The summed E-state index contributed by atoms with van der Waals surface area (Å²) in [6.07, 6.45) is -1.17. The van der Waals surface area contributed by atoms with E-state index in [1.807, 2.05) is 0 Å². The molecule has 3 rings (SSSR count). The molecule has 0 fully saturated rings. The minimum absolute atomic E-state index is 0.0316. The molecule has 1 aromatic heterocycles. The van der Waals surface area contributed by atoms with Gasteiger partial charge in [-0.25, -0.2) is 9.78 Å². The summed E-state index contributed by atoms with van der Waals surface area (Å²) in [7, 11) is 0. The lowest BCUT2D eigenvalue weighted by molar-refractivity contribution is -0.143. The Morgan fingerprint density at radius 3 is 1.43 bits per heavy atom. The monoisotopic (exact) mass is 1170 g/mol. The van der Waals surface area contributed by atoms with E-state index in [4.69, 9.17) is 16.6 Å². The number of hydrogen-bond donors (Lipinski definition) is 16. The third kappa shape index (κ3) is 24.0. The molecule has 0 unspecified atom stereocenters. The van der Waals surface area contributed by atoms with Crippen molar-refractivity contribution in [2.75, 3.05) is 5.75 Å². The van der Waals surface area contributed by atoms with E-state index < -0.39 is 169 Å². The second kappa shape index (κ2) is 33.9. The van der Waals surface area contributed by atoms with Crippen LogP contribution in [0.15, 0.2) is 67.1 Å². The zero-order valence-electron chi connectivity index (χ0n) is 45.7. The van der Waals surface area contributed by atoms with Gasteiger partial charge in [0, 0.05) is 56.2 Å². The fraction of sp³-hybridized carbons (Fsp3) is 0.491. The maximum absolute atomic E-state index is 14.5. The molecule has 0 spiro atoms. The summed E-state index contributed by atoms with van der Waals surface area (Å²) in [6.45, 7) is 6.64. The van der Waals surface area contributed by atoms with Gasteiger partial charge in [-0.05, 0) is 60.8 Å². The number of benzene rings is 2. The third-order valence-corrected chi connectivity index (χ3v) is 12.9. The van der Waals surface area contributed by atoms with Gasteiger partial charge in [0.1, 0.15) is 54.1 Å². The lowest BCUT2D eigenvalue weighted by Gasteiger charge is -2.28. The fourth-order valence-electron chi connectivity index (χ4n) is 8.04. The number of carbonyl (C=O) groups excluding carboxylic acids is 9. The van der Waals surface area contributed by atoms with Crippen LogP contribution in [0.1, 0.15) is 89.5 Å². The Bertz CT molecular complexity index is 2680. The molecule has 82 heavy (non-hydrogen) atoms. The van der Waals surface area contributed by atoms with Gasteiger partial charge < -0.3 is 79.4 Å². The highest BCUT2D eigenvalue weighted by Crippen LogP contribution is 2.15. The van der Waals surface area contributed by atoms with E-state index in [2.05, 4.69) is 65.1 Å². The predicted octanol–water partition coefficient (Wildman–Crippen LogP) is -1.94. The van der Waals surface area contributed by atoms with Crippen LogP contribution in [0.4, 0.5) is 0 Å². The number of phenols is 1. The van der Waals surface area contributed by atoms with Gasteiger partial charge in [-0.3, -0.25) is 52.7 Å². The van der Waals surface area contributed by atoms with Crippen molar-refractivity contribution in [3.8, 4) is 5.75 Å². The van der Waals surface area contributed by atoms with Crippen molar-refractivity contribution in [2.24, 2.45) is 23.3 Å². The van der Waals surface area contributed by atoms with E-state index >= 15 is 0 Å². The normalized spacial score (nSPS) is 14.4. The molecule has 9 amide bonds. The van der Waals surface area contributed by atoms with Gasteiger partial charge in [-0.1, -0.05) is 70.2 Å². The lowest BCUT2D eigenvalue weighted by atomic mass is 10.00. The molecule has 9 atom stereocenters. The number of aromatic hydroxyl groups is 1. The molecule has 1 heterocycles. The molecule has 2 aromatic carbocycles. The van der Waals surface area contributed by atoms with Crippen LogP contribution in [0.2, 0.25) is 0 Å². The van der Waals surface area contributed by atoms with Crippen LogP contribution in [0.3, 0.4) is 0 Å². The molecule has 17 N–H and O–H groups in total. The van der Waals surface area contributed by atoms with Crippen LogP contribution in [-0.2, 0) is 76.8 Å². The largest absolute Gasteiger partial charge is 0.508 e. The second-order valence-corrected chi connectivity index (χ2v) is 20.5. The number of carboxylic acids is 3. The molecular formula is C53H74N12O16S. The number of nitrogens with two attached hydrogens (primary N) is 2. The number of primary amides is 1. The van der Waals surface area contributed by atoms with Crippen LogP contribution in [0, 0.1) is 11.8 Å². The van der Waals surface area contributed by atoms with Gasteiger partial charge in [0.25, 0.3) is 0 Å². The number of hydrogen-bond acceptors (Lipinski definition) is 16. The Morgan fingerprint density at radius 1 is 0.537 bits per heavy atom. The molecule has 0 saturated heterocycles.